The SMILES string of the molecule is CC1NC2=CC=C=CC=C2NC1=O. The highest BCUT2D eigenvalue weighted by atomic mass is 16.2. The highest BCUT2D eigenvalue weighted by molar-refractivity contribution is 5.86. The second-order valence-corrected chi connectivity index (χ2v) is 3.02. The van der Waals surface area contributed by atoms with Crippen molar-refractivity contribution in [1.82, 2.24) is 10.6 Å². The minimum Gasteiger partial charge on any atom is -0.372 e. The number of carbonyl (C=O) groups excluding carboxylic acids is 1. The molecule has 0 aromatic rings. The summed E-state index contributed by atoms with van der Waals surface area (Å²) in [5, 5.41) is 5.91. The zero-order chi connectivity index (χ0) is 9.26. The standard InChI is InChI=1S/C10H10N2O/c1-7-10(13)12-9-6-4-2-3-5-8(9)11-7/h3-7,11H,1H3,(H,12,13). The van der Waals surface area contributed by atoms with Crippen LogP contribution in [0.3, 0.4) is 0 Å². The van der Waals surface area contributed by atoms with Gasteiger partial charge in [0.05, 0.1) is 11.4 Å². The number of fused-ring (bicyclic) bond motifs is 1. The monoisotopic (exact) mass is 174 g/mol. The highest BCUT2D eigenvalue weighted by Crippen LogP contribution is 2.12. The average Bonchev–Trinajstić information content (AvgIpc) is 2.31. The molecule has 1 amide bonds. The second-order valence-electron chi connectivity index (χ2n) is 3.02. The van der Waals surface area contributed by atoms with Gasteiger partial charge in [-0.2, -0.15) is 0 Å². The summed E-state index contributed by atoms with van der Waals surface area (Å²) in [6.07, 6.45) is 7.31. The normalized spacial score (nSPS) is 25.0. The molecular formula is C10H10N2O. The first-order valence-electron chi connectivity index (χ1n) is 4.18. The van der Waals surface area contributed by atoms with Gasteiger partial charge in [-0.15, -0.1) is 5.73 Å². The van der Waals surface area contributed by atoms with Crippen molar-refractivity contribution in [2.24, 2.45) is 0 Å². The summed E-state index contributed by atoms with van der Waals surface area (Å²) in [6, 6.07) is -0.171. The van der Waals surface area contributed by atoms with Crippen LogP contribution < -0.4 is 10.6 Å². The first kappa shape index (κ1) is 7.90. The lowest BCUT2D eigenvalue weighted by Gasteiger charge is -2.25. The van der Waals surface area contributed by atoms with Crippen molar-refractivity contribution in [3.8, 4) is 0 Å². The van der Waals surface area contributed by atoms with Crippen molar-refractivity contribution in [2.75, 3.05) is 0 Å². The Labute approximate surface area is 76.5 Å². The number of hydrogen-bond donors (Lipinski definition) is 2. The number of nitrogens with one attached hydrogen (secondary N) is 2. The Morgan fingerprint density at radius 3 is 2.77 bits per heavy atom. The van der Waals surface area contributed by atoms with Crippen LogP contribution in [0.15, 0.2) is 41.4 Å². The van der Waals surface area contributed by atoms with Crippen LogP contribution in [0.25, 0.3) is 0 Å². The van der Waals surface area contributed by atoms with E-state index in [1.807, 2.05) is 25.2 Å². The Bertz CT molecular complexity index is 370. The second kappa shape index (κ2) is 2.96. The third kappa shape index (κ3) is 1.42. The third-order valence-electron chi connectivity index (χ3n) is 2.01. The van der Waals surface area contributed by atoms with E-state index in [9.17, 15) is 4.79 Å². The molecule has 0 saturated carbocycles. The van der Waals surface area contributed by atoms with Crippen molar-refractivity contribution in [1.29, 1.82) is 0 Å². The van der Waals surface area contributed by atoms with Crippen molar-refractivity contribution in [2.45, 2.75) is 13.0 Å². The van der Waals surface area contributed by atoms with E-state index in [0.29, 0.717) is 0 Å². The largest absolute Gasteiger partial charge is 0.372 e. The molecule has 2 N–H and O–H groups in total. The summed E-state index contributed by atoms with van der Waals surface area (Å²) < 4.78 is 0. The summed E-state index contributed by atoms with van der Waals surface area (Å²) >= 11 is 0. The maximum absolute atomic E-state index is 11.3. The van der Waals surface area contributed by atoms with Gasteiger partial charge in [-0.05, 0) is 31.2 Å². The predicted octanol–water partition coefficient (Wildman–Crippen LogP) is 0.587. The van der Waals surface area contributed by atoms with Gasteiger partial charge in [-0.1, -0.05) is 0 Å². The number of hydrogen-bond acceptors (Lipinski definition) is 2. The number of piperazine rings is 1. The summed E-state index contributed by atoms with van der Waals surface area (Å²) in [4.78, 5) is 11.3. The van der Waals surface area contributed by atoms with Gasteiger partial charge in [0.25, 0.3) is 0 Å². The summed E-state index contributed by atoms with van der Waals surface area (Å²) in [5.74, 6) is -0.00120. The molecule has 66 valence electrons. The van der Waals surface area contributed by atoms with E-state index >= 15 is 0 Å². The van der Waals surface area contributed by atoms with Gasteiger partial charge in [-0.25, -0.2) is 0 Å². The molecular weight excluding hydrogens is 164 g/mol. The van der Waals surface area contributed by atoms with Gasteiger partial charge in [0.15, 0.2) is 0 Å². The quantitative estimate of drug-likeness (QED) is 0.528. The van der Waals surface area contributed by atoms with Gasteiger partial charge >= 0.3 is 0 Å². The van der Waals surface area contributed by atoms with E-state index in [1.54, 1.807) is 6.08 Å². The smallest absolute Gasteiger partial charge is 0.246 e. The van der Waals surface area contributed by atoms with Crippen LogP contribution in [0, 0.1) is 0 Å². The lowest BCUT2D eigenvalue weighted by Crippen LogP contribution is -2.48. The van der Waals surface area contributed by atoms with Gasteiger partial charge in [0.1, 0.15) is 6.04 Å². The lowest BCUT2D eigenvalue weighted by atomic mass is 10.1. The van der Waals surface area contributed by atoms with Gasteiger partial charge in [0.2, 0.25) is 5.91 Å². The molecule has 3 heteroatoms. The summed E-state index contributed by atoms with van der Waals surface area (Å²) in [5.41, 5.74) is 4.69. The van der Waals surface area contributed by atoms with Crippen LogP contribution in [0.1, 0.15) is 6.92 Å². The molecule has 0 aromatic carbocycles. The van der Waals surface area contributed by atoms with E-state index in [-0.39, 0.29) is 11.9 Å². The molecule has 1 fully saturated rings. The molecule has 2 rings (SSSR count). The topological polar surface area (TPSA) is 41.1 Å². The molecule has 0 radical (unpaired) electrons. The number of rotatable bonds is 0. The first-order chi connectivity index (χ1) is 6.27. The van der Waals surface area contributed by atoms with E-state index < -0.39 is 0 Å². The molecule has 1 aliphatic carbocycles. The van der Waals surface area contributed by atoms with Crippen LogP contribution in [0.4, 0.5) is 0 Å². The predicted molar refractivity (Wildman–Crippen MR) is 49.6 cm³/mol. The van der Waals surface area contributed by atoms with Crippen LogP contribution in [0.5, 0.6) is 0 Å². The molecule has 1 unspecified atom stereocenters. The van der Waals surface area contributed by atoms with Crippen LogP contribution in [-0.2, 0) is 4.79 Å². The van der Waals surface area contributed by atoms with E-state index in [0.717, 1.165) is 11.4 Å². The van der Waals surface area contributed by atoms with Gasteiger partial charge < -0.3 is 10.6 Å². The molecule has 0 aromatic heterocycles. The van der Waals surface area contributed by atoms with Crippen molar-refractivity contribution >= 4 is 5.91 Å². The maximum atomic E-state index is 11.3. The zero-order valence-corrected chi connectivity index (χ0v) is 7.29. The Balaban J connectivity index is 2.34. The summed E-state index contributed by atoms with van der Waals surface area (Å²) in [7, 11) is 0. The Morgan fingerprint density at radius 1 is 1.31 bits per heavy atom. The molecule has 1 atom stereocenters. The zero-order valence-electron chi connectivity index (χ0n) is 7.29. The Kier molecular flexibility index (Phi) is 1.80. The first-order valence-corrected chi connectivity index (χ1v) is 4.18. The molecule has 0 spiro atoms. The Morgan fingerprint density at radius 2 is 2.00 bits per heavy atom. The fourth-order valence-corrected chi connectivity index (χ4v) is 1.27. The van der Waals surface area contributed by atoms with E-state index in [2.05, 4.69) is 16.4 Å². The molecule has 3 nitrogen and oxygen atoms in total. The highest BCUT2D eigenvalue weighted by Gasteiger charge is 2.22. The summed E-state index contributed by atoms with van der Waals surface area (Å²) in [6.45, 7) is 1.83. The fourth-order valence-electron chi connectivity index (χ4n) is 1.27. The van der Waals surface area contributed by atoms with Crippen LogP contribution in [0.2, 0.25) is 0 Å². The number of carbonyl (C=O) groups is 1. The lowest BCUT2D eigenvalue weighted by molar-refractivity contribution is -0.122. The van der Waals surface area contributed by atoms with Crippen LogP contribution in [-0.4, -0.2) is 11.9 Å². The molecule has 0 bridgehead atoms. The fraction of sp³-hybridized carbons (Fsp3) is 0.200. The maximum Gasteiger partial charge on any atom is 0.246 e. The van der Waals surface area contributed by atoms with E-state index in [4.69, 9.17) is 0 Å². The number of amides is 1. The third-order valence-corrected chi connectivity index (χ3v) is 2.01. The van der Waals surface area contributed by atoms with Crippen LogP contribution >= 0.6 is 0 Å². The van der Waals surface area contributed by atoms with Gasteiger partial charge in [-0.3, -0.25) is 4.79 Å². The van der Waals surface area contributed by atoms with E-state index in [1.165, 1.54) is 0 Å². The molecule has 13 heavy (non-hydrogen) atoms. The van der Waals surface area contributed by atoms with Crippen molar-refractivity contribution < 1.29 is 4.79 Å². The Hall–Kier alpha value is -1.73. The van der Waals surface area contributed by atoms with Crippen molar-refractivity contribution in [3.05, 3.63) is 41.4 Å². The average molecular weight is 174 g/mol. The van der Waals surface area contributed by atoms with Crippen molar-refractivity contribution in [3.63, 3.8) is 0 Å². The van der Waals surface area contributed by atoms with Gasteiger partial charge in [0, 0.05) is 0 Å². The number of allylic oxidation sites excluding steroid dienone is 3. The molecule has 1 saturated heterocycles. The minimum absolute atomic E-state index is 0.00120. The molecule has 1 aliphatic heterocycles. The minimum atomic E-state index is -0.171. The molecule has 1 heterocycles. The molecule has 2 aliphatic rings.